The van der Waals surface area contributed by atoms with Crippen LogP contribution in [0.2, 0.25) is 0 Å². The van der Waals surface area contributed by atoms with Gasteiger partial charge in [0, 0.05) is 7.11 Å². The van der Waals surface area contributed by atoms with E-state index in [4.69, 9.17) is 14.2 Å². The van der Waals surface area contributed by atoms with Gasteiger partial charge in [0.05, 0.1) is 12.2 Å². The third kappa shape index (κ3) is 3.58. The van der Waals surface area contributed by atoms with Gasteiger partial charge >= 0.3 is 5.97 Å². The number of carbonyl (C=O) groups is 1. The number of hydrogen-bond donors (Lipinski definition) is 3. The van der Waals surface area contributed by atoms with Gasteiger partial charge in [0.1, 0.15) is 18.3 Å². The second kappa shape index (κ2) is 6.97. The zero-order chi connectivity index (χ0) is 15.4. The van der Waals surface area contributed by atoms with E-state index in [1.165, 1.54) is 7.11 Å². The maximum absolute atomic E-state index is 12.0. The average Bonchev–Trinajstić information content (AvgIpc) is 2.50. The standard InChI is InChI=1S/C14H18O7/c1-19-7-9-10(15)12(11(16)14(18)20-9)21-13(17)8-5-3-2-4-6-8/h2-6,9-12,14-16,18H,7H2,1H3. The van der Waals surface area contributed by atoms with Crippen molar-refractivity contribution in [3.05, 3.63) is 35.9 Å². The van der Waals surface area contributed by atoms with Crippen LogP contribution in [0.4, 0.5) is 0 Å². The maximum atomic E-state index is 12.0. The molecule has 1 aliphatic heterocycles. The number of methoxy groups -OCH3 is 1. The van der Waals surface area contributed by atoms with Crippen molar-refractivity contribution in [3.63, 3.8) is 0 Å². The van der Waals surface area contributed by atoms with Crippen molar-refractivity contribution < 1.29 is 34.3 Å². The first-order valence-corrected chi connectivity index (χ1v) is 6.49. The summed E-state index contributed by atoms with van der Waals surface area (Å²) in [5, 5.41) is 29.5. The molecule has 0 aromatic heterocycles. The number of hydrogen-bond acceptors (Lipinski definition) is 7. The number of benzene rings is 1. The summed E-state index contributed by atoms with van der Waals surface area (Å²) >= 11 is 0. The molecule has 7 nitrogen and oxygen atoms in total. The molecular formula is C14H18O7. The minimum atomic E-state index is -1.57. The van der Waals surface area contributed by atoms with Crippen molar-refractivity contribution >= 4 is 5.97 Å². The second-order valence-corrected chi connectivity index (χ2v) is 4.74. The molecule has 1 aromatic rings. The molecule has 3 N–H and O–H groups in total. The van der Waals surface area contributed by atoms with Crippen molar-refractivity contribution in [3.8, 4) is 0 Å². The molecule has 1 saturated heterocycles. The average molecular weight is 298 g/mol. The molecule has 5 atom stereocenters. The van der Waals surface area contributed by atoms with E-state index in [1.807, 2.05) is 0 Å². The summed E-state index contributed by atoms with van der Waals surface area (Å²) in [5.74, 6) is -0.705. The van der Waals surface area contributed by atoms with Crippen LogP contribution in [0.3, 0.4) is 0 Å². The number of esters is 1. The van der Waals surface area contributed by atoms with Gasteiger partial charge in [-0.15, -0.1) is 0 Å². The number of carbonyl (C=O) groups excluding carboxylic acids is 1. The first kappa shape index (κ1) is 15.9. The SMILES string of the molecule is COCC1OC(O)C(O)C(OC(=O)c2ccccc2)C1O. The van der Waals surface area contributed by atoms with Gasteiger partial charge in [0.2, 0.25) is 0 Å². The number of rotatable bonds is 4. The van der Waals surface area contributed by atoms with E-state index >= 15 is 0 Å². The van der Waals surface area contributed by atoms with Gasteiger partial charge in [-0.1, -0.05) is 18.2 Å². The number of ether oxygens (including phenoxy) is 3. The molecule has 1 aromatic carbocycles. The van der Waals surface area contributed by atoms with E-state index < -0.39 is 36.7 Å². The summed E-state index contributed by atoms with van der Waals surface area (Å²) in [5.41, 5.74) is 0.279. The van der Waals surface area contributed by atoms with E-state index in [0.717, 1.165) is 0 Å². The number of aliphatic hydroxyl groups excluding tert-OH is 3. The van der Waals surface area contributed by atoms with E-state index in [9.17, 15) is 20.1 Å². The van der Waals surface area contributed by atoms with Gasteiger partial charge in [-0.3, -0.25) is 0 Å². The van der Waals surface area contributed by atoms with Gasteiger partial charge in [-0.25, -0.2) is 4.79 Å². The summed E-state index contributed by atoms with van der Waals surface area (Å²) in [6.07, 6.45) is -6.62. The van der Waals surface area contributed by atoms with Gasteiger partial charge in [0.25, 0.3) is 0 Å². The zero-order valence-corrected chi connectivity index (χ0v) is 11.5. The van der Waals surface area contributed by atoms with Crippen LogP contribution >= 0.6 is 0 Å². The molecule has 1 heterocycles. The second-order valence-electron chi connectivity index (χ2n) is 4.74. The Balaban J connectivity index is 2.10. The van der Waals surface area contributed by atoms with Crippen LogP contribution in [0.1, 0.15) is 10.4 Å². The Morgan fingerprint density at radius 2 is 1.86 bits per heavy atom. The Kier molecular flexibility index (Phi) is 5.27. The lowest BCUT2D eigenvalue weighted by atomic mass is 9.99. The van der Waals surface area contributed by atoms with Crippen molar-refractivity contribution in [2.45, 2.75) is 30.7 Å². The Morgan fingerprint density at radius 3 is 2.48 bits per heavy atom. The third-order valence-electron chi connectivity index (χ3n) is 3.24. The topological polar surface area (TPSA) is 105 Å². The molecule has 0 radical (unpaired) electrons. The lowest BCUT2D eigenvalue weighted by molar-refractivity contribution is -0.286. The van der Waals surface area contributed by atoms with Crippen molar-refractivity contribution in [1.82, 2.24) is 0 Å². The molecule has 0 bridgehead atoms. The largest absolute Gasteiger partial charge is 0.453 e. The summed E-state index contributed by atoms with van der Waals surface area (Å²) in [6, 6.07) is 8.16. The van der Waals surface area contributed by atoms with Crippen LogP contribution in [-0.2, 0) is 14.2 Å². The van der Waals surface area contributed by atoms with Crippen LogP contribution in [0.25, 0.3) is 0 Å². The van der Waals surface area contributed by atoms with Crippen LogP contribution in [0.15, 0.2) is 30.3 Å². The zero-order valence-electron chi connectivity index (χ0n) is 11.5. The van der Waals surface area contributed by atoms with Crippen LogP contribution in [0.5, 0.6) is 0 Å². The third-order valence-corrected chi connectivity index (χ3v) is 3.24. The Hall–Kier alpha value is -1.51. The Morgan fingerprint density at radius 1 is 1.19 bits per heavy atom. The minimum Gasteiger partial charge on any atom is -0.453 e. The molecule has 0 saturated carbocycles. The molecule has 1 aliphatic rings. The first-order valence-electron chi connectivity index (χ1n) is 6.49. The van der Waals surface area contributed by atoms with Crippen LogP contribution in [-0.4, -0.2) is 65.7 Å². The fourth-order valence-corrected chi connectivity index (χ4v) is 2.12. The normalized spacial score (nSPS) is 32.7. The predicted molar refractivity (Wildman–Crippen MR) is 70.4 cm³/mol. The molecule has 7 heteroatoms. The fourth-order valence-electron chi connectivity index (χ4n) is 2.12. The highest BCUT2D eigenvalue weighted by Crippen LogP contribution is 2.23. The lowest BCUT2D eigenvalue weighted by Crippen LogP contribution is -2.60. The van der Waals surface area contributed by atoms with Crippen molar-refractivity contribution in [2.75, 3.05) is 13.7 Å². The quantitative estimate of drug-likeness (QED) is 0.631. The fraction of sp³-hybridized carbons (Fsp3) is 0.500. The Bertz CT molecular complexity index is 464. The molecular weight excluding hydrogens is 280 g/mol. The highest BCUT2D eigenvalue weighted by Gasteiger charge is 2.46. The highest BCUT2D eigenvalue weighted by molar-refractivity contribution is 5.89. The monoisotopic (exact) mass is 298 g/mol. The Labute approximate surface area is 121 Å². The van der Waals surface area contributed by atoms with Gasteiger partial charge < -0.3 is 29.5 Å². The van der Waals surface area contributed by atoms with Crippen molar-refractivity contribution in [2.24, 2.45) is 0 Å². The summed E-state index contributed by atoms with van der Waals surface area (Å²) in [4.78, 5) is 12.0. The molecule has 2 rings (SSSR count). The smallest absolute Gasteiger partial charge is 0.338 e. The molecule has 21 heavy (non-hydrogen) atoms. The summed E-state index contributed by atoms with van der Waals surface area (Å²) in [6.45, 7) is -0.00959. The van der Waals surface area contributed by atoms with Gasteiger partial charge in [-0.2, -0.15) is 0 Å². The van der Waals surface area contributed by atoms with Crippen LogP contribution in [0, 0.1) is 0 Å². The molecule has 116 valence electrons. The highest BCUT2D eigenvalue weighted by atomic mass is 16.7. The predicted octanol–water partition coefficient (Wildman–Crippen LogP) is -0.703. The van der Waals surface area contributed by atoms with Gasteiger partial charge in [0.15, 0.2) is 12.4 Å². The molecule has 0 spiro atoms. The first-order chi connectivity index (χ1) is 10.0. The van der Waals surface area contributed by atoms with E-state index in [0.29, 0.717) is 0 Å². The molecule has 5 unspecified atom stereocenters. The van der Waals surface area contributed by atoms with E-state index in [1.54, 1.807) is 30.3 Å². The van der Waals surface area contributed by atoms with E-state index in [2.05, 4.69) is 0 Å². The summed E-state index contributed by atoms with van der Waals surface area (Å²) in [7, 11) is 1.40. The molecule has 0 aliphatic carbocycles. The van der Waals surface area contributed by atoms with E-state index in [-0.39, 0.29) is 12.2 Å². The summed E-state index contributed by atoms with van der Waals surface area (Å²) < 4.78 is 15.0. The minimum absolute atomic E-state index is 0.00959. The molecule has 1 fully saturated rings. The molecule has 0 amide bonds. The number of aliphatic hydroxyl groups is 3. The van der Waals surface area contributed by atoms with Gasteiger partial charge in [-0.05, 0) is 12.1 Å². The van der Waals surface area contributed by atoms with Crippen LogP contribution < -0.4 is 0 Å². The lowest BCUT2D eigenvalue weighted by Gasteiger charge is -2.39. The maximum Gasteiger partial charge on any atom is 0.338 e. The van der Waals surface area contributed by atoms with Crippen molar-refractivity contribution in [1.29, 1.82) is 0 Å².